The van der Waals surface area contributed by atoms with Gasteiger partial charge in [0, 0.05) is 6.54 Å². The predicted octanol–water partition coefficient (Wildman–Crippen LogP) is 2.52. The standard InChI is InChI=1S/C16H25NO4/c1-16(2,3)21-15(19)17-9-5-7-13-6-4-8-14(12-13)20-11-10-18/h4,6,8,12,18H,5,7,9-11H2,1-3H3,(H,17,19). The Balaban J connectivity index is 2.28. The second-order valence-corrected chi connectivity index (χ2v) is 5.75. The van der Waals surface area contributed by atoms with Crippen molar-refractivity contribution in [1.29, 1.82) is 0 Å². The first-order valence-electron chi connectivity index (χ1n) is 7.20. The molecule has 1 aromatic rings. The molecule has 2 N–H and O–H groups in total. The summed E-state index contributed by atoms with van der Waals surface area (Å²) >= 11 is 0. The van der Waals surface area contributed by atoms with Crippen molar-refractivity contribution in [2.75, 3.05) is 19.8 Å². The highest BCUT2D eigenvalue weighted by atomic mass is 16.6. The lowest BCUT2D eigenvalue weighted by Crippen LogP contribution is -2.33. The summed E-state index contributed by atoms with van der Waals surface area (Å²) in [5, 5.41) is 11.5. The summed E-state index contributed by atoms with van der Waals surface area (Å²) in [6.45, 7) is 6.38. The number of nitrogens with one attached hydrogen (secondary N) is 1. The Morgan fingerprint density at radius 3 is 2.76 bits per heavy atom. The van der Waals surface area contributed by atoms with Crippen LogP contribution < -0.4 is 10.1 Å². The highest BCUT2D eigenvalue weighted by Crippen LogP contribution is 2.14. The highest BCUT2D eigenvalue weighted by Gasteiger charge is 2.15. The molecule has 0 unspecified atom stereocenters. The molecule has 1 amide bonds. The highest BCUT2D eigenvalue weighted by molar-refractivity contribution is 5.67. The fourth-order valence-electron chi connectivity index (χ4n) is 1.75. The van der Waals surface area contributed by atoms with Crippen LogP contribution in [0.4, 0.5) is 4.79 Å². The molecule has 0 radical (unpaired) electrons. The van der Waals surface area contributed by atoms with Crippen LogP contribution in [-0.2, 0) is 11.2 Å². The van der Waals surface area contributed by atoms with E-state index in [9.17, 15) is 4.79 Å². The van der Waals surface area contributed by atoms with E-state index < -0.39 is 5.60 Å². The minimum absolute atomic E-state index is 0.00400. The van der Waals surface area contributed by atoms with Gasteiger partial charge in [-0.1, -0.05) is 12.1 Å². The van der Waals surface area contributed by atoms with Crippen molar-refractivity contribution in [2.24, 2.45) is 0 Å². The molecular weight excluding hydrogens is 270 g/mol. The SMILES string of the molecule is CC(C)(C)OC(=O)NCCCc1cccc(OCCO)c1. The zero-order chi connectivity index (χ0) is 15.7. The van der Waals surface area contributed by atoms with Crippen LogP contribution in [0.1, 0.15) is 32.8 Å². The van der Waals surface area contributed by atoms with Crippen LogP contribution in [0, 0.1) is 0 Å². The molecular formula is C16H25NO4. The van der Waals surface area contributed by atoms with E-state index in [0.29, 0.717) is 13.2 Å². The van der Waals surface area contributed by atoms with Gasteiger partial charge in [-0.05, 0) is 51.3 Å². The number of aliphatic hydroxyl groups is 1. The molecule has 5 nitrogen and oxygen atoms in total. The Bertz CT molecular complexity index is 440. The third-order valence-electron chi connectivity index (χ3n) is 2.57. The zero-order valence-corrected chi connectivity index (χ0v) is 13.0. The van der Waals surface area contributed by atoms with Gasteiger partial charge in [-0.3, -0.25) is 0 Å². The zero-order valence-electron chi connectivity index (χ0n) is 13.0. The van der Waals surface area contributed by atoms with Gasteiger partial charge in [-0.25, -0.2) is 4.79 Å². The first kappa shape index (κ1) is 17.3. The van der Waals surface area contributed by atoms with Crippen LogP contribution in [0.3, 0.4) is 0 Å². The number of aryl methyl sites for hydroxylation is 1. The van der Waals surface area contributed by atoms with Crippen molar-refractivity contribution in [3.05, 3.63) is 29.8 Å². The summed E-state index contributed by atoms with van der Waals surface area (Å²) in [5.74, 6) is 0.752. The molecule has 1 rings (SSSR count). The Morgan fingerprint density at radius 2 is 2.10 bits per heavy atom. The smallest absolute Gasteiger partial charge is 0.407 e. The van der Waals surface area contributed by atoms with Gasteiger partial charge in [0.25, 0.3) is 0 Å². The van der Waals surface area contributed by atoms with E-state index in [1.54, 1.807) is 0 Å². The van der Waals surface area contributed by atoms with E-state index >= 15 is 0 Å². The molecule has 0 saturated heterocycles. The van der Waals surface area contributed by atoms with Crippen LogP contribution in [0.2, 0.25) is 0 Å². The summed E-state index contributed by atoms with van der Waals surface area (Å²) in [6, 6.07) is 7.74. The van der Waals surface area contributed by atoms with Crippen LogP contribution in [-0.4, -0.2) is 36.6 Å². The van der Waals surface area contributed by atoms with Crippen molar-refractivity contribution in [3.63, 3.8) is 0 Å². The fourth-order valence-corrected chi connectivity index (χ4v) is 1.75. The lowest BCUT2D eigenvalue weighted by molar-refractivity contribution is 0.0527. The van der Waals surface area contributed by atoms with Crippen LogP contribution in [0.5, 0.6) is 5.75 Å². The molecule has 0 bridgehead atoms. The summed E-state index contributed by atoms with van der Waals surface area (Å²) in [6.07, 6.45) is 1.27. The summed E-state index contributed by atoms with van der Waals surface area (Å²) < 4.78 is 10.5. The summed E-state index contributed by atoms with van der Waals surface area (Å²) in [5.41, 5.74) is 0.666. The number of amides is 1. The number of benzene rings is 1. The molecule has 118 valence electrons. The molecule has 0 saturated carbocycles. The maximum atomic E-state index is 11.5. The largest absolute Gasteiger partial charge is 0.491 e. The molecule has 5 heteroatoms. The quantitative estimate of drug-likeness (QED) is 0.758. The molecule has 0 atom stereocenters. The number of aliphatic hydroxyl groups excluding tert-OH is 1. The number of carbonyl (C=O) groups is 1. The Morgan fingerprint density at radius 1 is 1.33 bits per heavy atom. The van der Waals surface area contributed by atoms with Gasteiger partial charge in [0.15, 0.2) is 0 Å². The van der Waals surface area contributed by atoms with Crippen LogP contribution >= 0.6 is 0 Å². The normalized spacial score (nSPS) is 11.0. The molecule has 0 aliphatic rings. The van der Waals surface area contributed by atoms with E-state index in [1.807, 2.05) is 45.0 Å². The van der Waals surface area contributed by atoms with Gasteiger partial charge in [0.1, 0.15) is 18.0 Å². The molecule has 0 aliphatic heterocycles. The second-order valence-electron chi connectivity index (χ2n) is 5.75. The first-order chi connectivity index (χ1) is 9.90. The summed E-state index contributed by atoms with van der Waals surface area (Å²) in [7, 11) is 0. The minimum Gasteiger partial charge on any atom is -0.491 e. The third-order valence-corrected chi connectivity index (χ3v) is 2.57. The number of rotatable bonds is 7. The summed E-state index contributed by atoms with van der Waals surface area (Å²) in [4.78, 5) is 11.5. The maximum Gasteiger partial charge on any atom is 0.407 e. The van der Waals surface area contributed by atoms with Crippen molar-refractivity contribution in [1.82, 2.24) is 5.32 Å². The number of ether oxygens (including phenoxy) is 2. The van der Waals surface area contributed by atoms with E-state index in [4.69, 9.17) is 14.6 Å². The lowest BCUT2D eigenvalue weighted by atomic mass is 10.1. The average molecular weight is 295 g/mol. The Hall–Kier alpha value is -1.75. The first-order valence-corrected chi connectivity index (χ1v) is 7.20. The molecule has 0 aromatic heterocycles. The van der Waals surface area contributed by atoms with E-state index in [-0.39, 0.29) is 12.7 Å². The Kier molecular flexibility index (Phi) is 7.02. The van der Waals surface area contributed by atoms with Gasteiger partial charge in [-0.15, -0.1) is 0 Å². The third kappa shape index (κ3) is 8.19. The maximum absolute atomic E-state index is 11.5. The lowest BCUT2D eigenvalue weighted by Gasteiger charge is -2.19. The van der Waals surface area contributed by atoms with Gasteiger partial charge < -0.3 is 19.9 Å². The Labute approximate surface area is 126 Å². The molecule has 0 spiro atoms. The number of alkyl carbamates (subject to hydrolysis) is 1. The van der Waals surface area contributed by atoms with Gasteiger partial charge in [0.2, 0.25) is 0 Å². The molecule has 0 aliphatic carbocycles. The van der Waals surface area contributed by atoms with Crippen molar-refractivity contribution in [3.8, 4) is 5.75 Å². The molecule has 1 aromatic carbocycles. The predicted molar refractivity (Wildman–Crippen MR) is 81.6 cm³/mol. The van der Waals surface area contributed by atoms with E-state index in [1.165, 1.54) is 0 Å². The number of hydrogen-bond donors (Lipinski definition) is 2. The molecule has 0 fully saturated rings. The molecule has 0 heterocycles. The number of carbonyl (C=O) groups excluding carboxylic acids is 1. The van der Waals surface area contributed by atoms with Gasteiger partial charge >= 0.3 is 6.09 Å². The van der Waals surface area contributed by atoms with E-state index in [0.717, 1.165) is 24.2 Å². The average Bonchev–Trinajstić information content (AvgIpc) is 2.40. The second kappa shape index (κ2) is 8.52. The fraction of sp³-hybridized carbons (Fsp3) is 0.562. The molecule has 21 heavy (non-hydrogen) atoms. The van der Waals surface area contributed by atoms with Crippen LogP contribution in [0.15, 0.2) is 24.3 Å². The van der Waals surface area contributed by atoms with Crippen molar-refractivity contribution in [2.45, 2.75) is 39.2 Å². The van der Waals surface area contributed by atoms with Gasteiger partial charge in [-0.2, -0.15) is 0 Å². The van der Waals surface area contributed by atoms with Gasteiger partial charge in [0.05, 0.1) is 6.61 Å². The van der Waals surface area contributed by atoms with Crippen LogP contribution in [0.25, 0.3) is 0 Å². The topological polar surface area (TPSA) is 67.8 Å². The monoisotopic (exact) mass is 295 g/mol. The van der Waals surface area contributed by atoms with Crippen molar-refractivity contribution < 1.29 is 19.4 Å². The van der Waals surface area contributed by atoms with Crippen molar-refractivity contribution >= 4 is 6.09 Å². The number of hydrogen-bond acceptors (Lipinski definition) is 4. The minimum atomic E-state index is -0.470. The van der Waals surface area contributed by atoms with E-state index in [2.05, 4.69) is 5.32 Å².